The highest BCUT2D eigenvalue weighted by Gasteiger charge is 2.25. The largest absolute Gasteiger partial charge is 0.476 e. The lowest BCUT2D eigenvalue weighted by Gasteiger charge is -2.30. The minimum Gasteiger partial charge on any atom is -0.476 e. The van der Waals surface area contributed by atoms with Crippen LogP contribution in [0.3, 0.4) is 0 Å². The van der Waals surface area contributed by atoms with Gasteiger partial charge in [0.05, 0.1) is 12.4 Å². The standard InChI is InChI=1S/C13H18N2O3/c1-2-9-5-3-4-6-11(9)18-12-8-14-7-10(15-12)13(16)17/h7-9,11H,2-6H2,1H3,(H,16,17). The first kappa shape index (κ1) is 12.8. The second kappa shape index (κ2) is 5.80. The molecule has 1 N–H and O–H groups in total. The third-order valence-electron chi connectivity index (χ3n) is 3.47. The Labute approximate surface area is 106 Å². The van der Waals surface area contributed by atoms with Crippen molar-refractivity contribution in [3.8, 4) is 5.88 Å². The van der Waals surface area contributed by atoms with E-state index in [4.69, 9.17) is 9.84 Å². The predicted molar refractivity (Wildman–Crippen MR) is 65.7 cm³/mol. The number of carboxylic acids is 1. The summed E-state index contributed by atoms with van der Waals surface area (Å²) in [4.78, 5) is 18.6. The third kappa shape index (κ3) is 2.97. The van der Waals surface area contributed by atoms with Crippen molar-refractivity contribution in [2.75, 3.05) is 0 Å². The number of hydrogen-bond donors (Lipinski definition) is 1. The number of nitrogens with zero attached hydrogens (tertiary/aromatic N) is 2. The zero-order valence-electron chi connectivity index (χ0n) is 10.5. The zero-order valence-corrected chi connectivity index (χ0v) is 10.5. The van der Waals surface area contributed by atoms with Gasteiger partial charge in [0.25, 0.3) is 0 Å². The molecule has 0 radical (unpaired) electrons. The summed E-state index contributed by atoms with van der Waals surface area (Å²) in [6.07, 6.45) is 8.52. The number of carboxylic acid groups (broad SMARTS) is 1. The predicted octanol–water partition coefficient (Wildman–Crippen LogP) is 2.52. The zero-order chi connectivity index (χ0) is 13.0. The van der Waals surface area contributed by atoms with Crippen LogP contribution < -0.4 is 4.74 Å². The fraction of sp³-hybridized carbons (Fsp3) is 0.615. The highest BCUT2D eigenvalue weighted by atomic mass is 16.5. The van der Waals surface area contributed by atoms with Crippen LogP contribution in [0.4, 0.5) is 0 Å². The van der Waals surface area contributed by atoms with Crippen molar-refractivity contribution < 1.29 is 14.6 Å². The molecule has 0 saturated heterocycles. The van der Waals surface area contributed by atoms with Gasteiger partial charge in [0, 0.05) is 0 Å². The Balaban J connectivity index is 2.07. The van der Waals surface area contributed by atoms with Gasteiger partial charge in [-0.1, -0.05) is 13.3 Å². The molecule has 0 bridgehead atoms. The third-order valence-corrected chi connectivity index (χ3v) is 3.47. The average Bonchev–Trinajstić information content (AvgIpc) is 2.39. The van der Waals surface area contributed by atoms with E-state index in [1.165, 1.54) is 25.2 Å². The van der Waals surface area contributed by atoms with Gasteiger partial charge in [-0.3, -0.25) is 4.98 Å². The highest BCUT2D eigenvalue weighted by Crippen LogP contribution is 2.29. The first-order valence-corrected chi connectivity index (χ1v) is 6.42. The molecule has 18 heavy (non-hydrogen) atoms. The minimum absolute atomic E-state index is 0.0728. The van der Waals surface area contributed by atoms with Crippen LogP contribution in [0.2, 0.25) is 0 Å². The van der Waals surface area contributed by atoms with Crippen molar-refractivity contribution in [3.63, 3.8) is 0 Å². The van der Waals surface area contributed by atoms with Crippen LogP contribution >= 0.6 is 0 Å². The molecule has 5 nitrogen and oxygen atoms in total. The quantitative estimate of drug-likeness (QED) is 0.888. The average molecular weight is 250 g/mol. The molecule has 1 aliphatic rings. The van der Waals surface area contributed by atoms with Gasteiger partial charge in [-0.15, -0.1) is 0 Å². The number of hydrogen-bond acceptors (Lipinski definition) is 4. The first-order chi connectivity index (χ1) is 8.70. The Hall–Kier alpha value is -1.65. The van der Waals surface area contributed by atoms with Crippen molar-refractivity contribution in [2.45, 2.75) is 45.1 Å². The molecule has 2 unspecified atom stereocenters. The molecule has 1 aromatic rings. The summed E-state index contributed by atoms with van der Waals surface area (Å²) in [5.74, 6) is -0.224. The molecule has 0 aliphatic heterocycles. The maximum Gasteiger partial charge on any atom is 0.356 e. The molecule has 1 saturated carbocycles. The number of ether oxygens (including phenoxy) is 1. The number of aromatic carboxylic acids is 1. The van der Waals surface area contributed by atoms with E-state index in [0.29, 0.717) is 11.8 Å². The van der Waals surface area contributed by atoms with Crippen LogP contribution in [-0.4, -0.2) is 27.1 Å². The monoisotopic (exact) mass is 250 g/mol. The van der Waals surface area contributed by atoms with Gasteiger partial charge in [0.15, 0.2) is 5.69 Å². The van der Waals surface area contributed by atoms with Gasteiger partial charge in [0.1, 0.15) is 6.10 Å². The van der Waals surface area contributed by atoms with Crippen molar-refractivity contribution in [2.24, 2.45) is 5.92 Å². The Kier molecular flexibility index (Phi) is 4.12. The van der Waals surface area contributed by atoms with Crippen molar-refractivity contribution in [3.05, 3.63) is 18.1 Å². The second-order valence-electron chi connectivity index (χ2n) is 4.66. The van der Waals surface area contributed by atoms with Gasteiger partial charge < -0.3 is 9.84 Å². The summed E-state index contributed by atoms with van der Waals surface area (Å²) in [6, 6.07) is 0. The Morgan fingerprint density at radius 3 is 2.94 bits per heavy atom. The van der Waals surface area contributed by atoms with Crippen molar-refractivity contribution in [1.29, 1.82) is 0 Å². The molecule has 1 aromatic heterocycles. The molecule has 2 atom stereocenters. The molecule has 1 heterocycles. The summed E-state index contributed by atoms with van der Waals surface area (Å²) in [7, 11) is 0. The maximum atomic E-state index is 10.8. The van der Waals surface area contributed by atoms with Crippen LogP contribution in [0.5, 0.6) is 5.88 Å². The van der Waals surface area contributed by atoms with Crippen LogP contribution in [0.15, 0.2) is 12.4 Å². The summed E-state index contributed by atoms with van der Waals surface area (Å²) in [5.41, 5.74) is -0.0728. The lowest BCUT2D eigenvalue weighted by Crippen LogP contribution is -2.30. The van der Waals surface area contributed by atoms with Gasteiger partial charge in [0.2, 0.25) is 5.88 Å². The van der Waals surface area contributed by atoms with Crippen LogP contribution in [0.25, 0.3) is 0 Å². The lowest BCUT2D eigenvalue weighted by atomic mass is 9.85. The molecule has 1 aliphatic carbocycles. The number of carbonyl (C=O) groups is 1. The van der Waals surface area contributed by atoms with E-state index in [1.807, 2.05) is 0 Å². The summed E-state index contributed by atoms with van der Waals surface area (Å²) in [6.45, 7) is 2.16. The molecule has 2 rings (SSSR count). The Bertz CT molecular complexity index is 422. The normalized spacial score (nSPS) is 23.6. The molecular weight excluding hydrogens is 232 g/mol. The van der Waals surface area contributed by atoms with E-state index >= 15 is 0 Å². The fourth-order valence-electron chi connectivity index (χ4n) is 2.46. The summed E-state index contributed by atoms with van der Waals surface area (Å²) < 4.78 is 5.81. The molecule has 1 fully saturated rings. The molecule has 5 heteroatoms. The highest BCUT2D eigenvalue weighted by molar-refractivity contribution is 5.84. The van der Waals surface area contributed by atoms with E-state index in [2.05, 4.69) is 16.9 Å². The molecule has 0 aromatic carbocycles. The minimum atomic E-state index is -1.08. The topological polar surface area (TPSA) is 72.3 Å². The van der Waals surface area contributed by atoms with Crippen LogP contribution in [-0.2, 0) is 0 Å². The Morgan fingerprint density at radius 1 is 1.44 bits per heavy atom. The summed E-state index contributed by atoms with van der Waals surface area (Å²) >= 11 is 0. The van der Waals surface area contributed by atoms with E-state index in [1.54, 1.807) is 0 Å². The first-order valence-electron chi connectivity index (χ1n) is 6.42. The van der Waals surface area contributed by atoms with Crippen LogP contribution in [0, 0.1) is 5.92 Å². The molecule has 0 amide bonds. The smallest absolute Gasteiger partial charge is 0.356 e. The second-order valence-corrected chi connectivity index (χ2v) is 4.66. The van der Waals surface area contributed by atoms with E-state index in [-0.39, 0.29) is 11.8 Å². The van der Waals surface area contributed by atoms with Crippen LogP contribution in [0.1, 0.15) is 49.5 Å². The molecule has 98 valence electrons. The Morgan fingerprint density at radius 2 is 2.22 bits per heavy atom. The van der Waals surface area contributed by atoms with E-state index in [9.17, 15) is 4.79 Å². The van der Waals surface area contributed by atoms with E-state index < -0.39 is 5.97 Å². The lowest BCUT2D eigenvalue weighted by molar-refractivity contribution is 0.0677. The fourth-order valence-corrected chi connectivity index (χ4v) is 2.46. The van der Waals surface area contributed by atoms with Gasteiger partial charge >= 0.3 is 5.97 Å². The van der Waals surface area contributed by atoms with Crippen molar-refractivity contribution >= 4 is 5.97 Å². The number of aromatic nitrogens is 2. The summed E-state index contributed by atoms with van der Waals surface area (Å²) in [5, 5.41) is 8.86. The van der Waals surface area contributed by atoms with Gasteiger partial charge in [-0.25, -0.2) is 9.78 Å². The SMILES string of the molecule is CCC1CCCCC1Oc1cncc(C(=O)O)n1. The number of rotatable bonds is 4. The van der Waals surface area contributed by atoms with Gasteiger partial charge in [-0.05, 0) is 31.6 Å². The van der Waals surface area contributed by atoms with Gasteiger partial charge in [-0.2, -0.15) is 0 Å². The van der Waals surface area contributed by atoms with E-state index in [0.717, 1.165) is 19.3 Å². The molecule has 0 spiro atoms. The molecular formula is C13H18N2O3. The maximum absolute atomic E-state index is 10.8. The van der Waals surface area contributed by atoms with Crippen molar-refractivity contribution in [1.82, 2.24) is 9.97 Å².